The first kappa shape index (κ1) is 20.4. The number of anilines is 3. The third-order valence-corrected chi connectivity index (χ3v) is 5.06. The number of benzene rings is 1. The van der Waals surface area contributed by atoms with Gasteiger partial charge < -0.3 is 15.4 Å². The van der Waals surface area contributed by atoms with E-state index in [2.05, 4.69) is 25.6 Å². The van der Waals surface area contributed by atoms with E-state index < -0.39 is 5.97 Å². The van der Waals surface area contributed by atoms with Crippen LogP contribution in [0, 0.1) is 20.8 Å². The Morgan fingerprint density at radius 1 is 1.07 bits per heavy atom. The van der Waals surface area contributed by atoms with Crippen molar-refractivity contribution in [3.8, 4) is 0 Å². The molecule has 0 fully saturated rings. The van der Waals surface area contributed by atoms with Gasteiger partial charge in [0.25, 0.3) is 5.91 Å². The normalized spacial score (nSPS) is 10.5. The summed E-state index contributed by atoms with van der Waals surface area (Å²) in [6.45, 7) is 7.50. The second kappa shape index (κ2) is 8.78. The lowest BCUT2D eigenvalue weighted by molar-refractivity contribution is 0.0531. The molecule has 0 atom stereocenters. The van der Waals surface area contributed by atoms with Crippen molar-refractivity contribution in [3.63, 3.8) is 0 Å². The quantitative estimate of drug-likeness (QED) is 0.590. The average molecular weight is 411 g/mol. The molecule has 0 saturated heterocycles. The number of aromatic nitrogens is 3. The molecular formula is C20H21N5O3S. The summed E-state index contributed by atoms with van der Waals surface area (Å²) in [5, 5.41) is 6.27. The minimum atomic E-state index is -0.407. The van der Waals surface area contributed by atoms with Crippen LogP contribution in [0.5, 0.6) is 0 Å². The van der Waals surface area contributed by atoms with Crippen LogP contribution in [0.4, 0.5) is 16.8 Å². The van der Waals surface area contributed by atoms with E-state index in [9.17, 15) is 9.59 Å². The zero-order chi connectivity index (χ0) is 21.0. The van der Waals surface area contributed by atoms with Gasteiger partial charge in [0.2, 0.25) is 5.95 Å². The highest BCUT2D eigenvalue weighted by Gasteiger charge is 2.18. The van der Waals surface area contributed by atoms with Crippen molar-refractivity contribution in [1.29, 1.82) is 0 Å². The van der Waals surface area contributed by atoms with Gasteiger partial charge in [-0.2, -0.15) is 0 Å². The number of rotatable bonds is 6. The Morgan fingerprint density at radius 2 is 1.79 bits per heavy atom. The molecule has 3 rings (SSSR count). The number of aryl methyl sites for hydroxylation is 3. The van der Waals surface area contributed by atoms with E-state index >= 15 is 0 Å². The van der Waals surface area contributed by atoms with Gasteiger partial charge in [-0.25, -0.2) is 19.7 Å². The molecule has 0 spiro atoms. The number of nitrogens with one attached hydrogen (secondary N) is 2. The Kier molecular flexibility index (Phi) is 6.18. The van der Waals surface area contributed by atoms with Crippen LogP contribution in [-0.4, -0.2) is 33.4 Å². The van der Waals surface area contributed by atoms with Crippen LogP contribution in [0.25, 0.3) is 0 Å². The van der Waals surface area contributed by atoms with Crippen LogP contribution >= 0.6 is 11.3 Å². The second-order valence-electron chi connectivity index (χ2n) is 6.29. The van der Waals surface area contributed by atoms with Crippen molar-refractivity contribution in [1.82, 2.24) is 15.0 Å². The molecule has 2 heterocycles. The number of nitrogens with zero attached hydrogens (tertiary/aromatic N) is 3. The standard InChI is InChI=1S/C20H21N5O3S/c1-5-28-18(27)16-13(4)23-20(29-16)25-19-21-10-15(12(3)22-19)17(26)24-14-8-6-11(2)7-9-14/h6-10H,5H2,1-4H3,(H,24,26)(H,21,22,23,25). The Hall–Kier alpha value is -3.33. The number of esters is 1. The first-order valence-corrected chi connectivity index (χ1v) is 9.82. The van der Waals surface area contributed by atoms with Gasteiger partial charge in [-0.05, 0) is 39.8 Å². The molecule has 0 aliphatic heterocycles. The maximum Gasteiger partial charge on any atom is 0.350 e. The molecule has 0 bridgehead atoms. The lowest BCUT2D eigenvalue weighted by atomic mass is 10.2. The van der Waals surface area contributed by atoms with Crippen molar-refractivity contribution in [3.05, 3.63) is 57.9 Å². The molecule has 29 heavy (non-hydrogen) atoms. The highest BCUT2D eigenvalue weighted by Crippen LogP contribution is 2.25. The van der Waals surface area contributed by atoms with E-state index in [0.717, 1.165) is 5.56 Å². The molecule has 0 aliphatic carbocycles. The van der Waals surface area contributed by atoms with E-state index in [-0.39, 0.29) is 5.91 Å². The van der Waals surface area contributed by atoms with Gasteiger partial charge >= 0.3 is 5.97 Å². The van der Waals surface area contributed by atoms with Crippen LogP contribution in [0.1, 0.15) is 43.9 Å². The van der Waals surface area contributed by atoms with Gasteiger partial charge in [-0.15, -0.1) is 0 Å². The number of ether oxygens (including phenoxy) is 1. The zero-order valence-electron chi connectivity index (χ0n) is 16.6. The summed E-state index contributed by atoms with van der Waals surface area (Å²) in [5.41, 5.74) is 3.28. The van der Waals surface area contributed by atoms with E-state index in [1.807, 2.05) is 31.2 Å². The maximum atomic E-state index is 12.5. The third kappa shape index (κ3) is 4.94. The second-order valence-corrected chi connectivity index (χ2v) is 7.29. The molecule has 0 radical (unpaired) electrons. The van der Waals surface area contributed by atoms with Gasteiger partial charge in [0.05, 0.1) is 23.6 Å². The molecule has 1 aromatic carbocycles. The summed E-state index contributed by atoms with van der Waals surface area (Å²) >= 11 is 1.17. The van der Waals surface area contributed by atoms with Crippen LogP contribution in [-0.2, 0) is 4.74 Å². The van der Waals surface area contributed by atoms with Crippen molar-refractivity contribution in [2.75, 3.05) is 17.2 Å². The molecule has 1 amide bonds. The highest BCUT2D eigenvalue weighted by atomic mass is 32.1. The van der Waals surface area contributed by atoms with Crippen molar-refractivity contribution >= 4 is 40.0 Å². The number of hydrogen-bond acceptors (Lipinski definition) is 8. The molecule has 0 aliphatic rings. The number of amides is 1. The van der Waals surface area contributed by atoms with Crippen molar-refractivity contribution in [2.45, 2.75) is 27.7 Å². The minimum Gasteiger partial charge on any atom is -0.462 e. The summed E-state index contributed by atoms with van der Waals surface area (Å²) < 4.78 is 5.02. The van der Waals surface area contributed by atoms with Crippen LogP contribution in [0.15, 0.2) is 30.5 Å². The SMILES string of the molecule is CCOC(=O)c1sc(Nc2ncc(C(=O)Nc3ccc(C)cc3)c(C)n2)nc1C. The molecule has 3 aromatic rings. The molecule has 2 N–H and O–H groups in total. The fraction of sp³-hybridized carbons (Fsp3) is 0.250. The van der Waals surface area contributed by atoms with Gasteiger partial charge in [-0.3, -0.25) is 4.79 Å². The lowest BCUT2D eigenvalue weighted by Gasteiger charge is -2.08. The van der Waals surface area contributed by atoms with Gasteiger partial charge in [-0.1, -0.05) is 29.0 Å². The zero-order valence-corrected chi connectivity index (χ0v) is 17.4. The predicted molar refractivity (Wildman–Crippen MR) is 112 cm³/mol. The van der Waals surface area contributed by atoms with E-state index in [4.69, 9.17) is 4.74 Å². The smallest absolute Gasteiger partial charge is 0.350 e. The monoisotopic (exact) mass is 411 g/mol. The summed E-state index contributed by atoms with van der Waals surface area (Å²) in [6.07, 6.45) is 1.46. The molecule has 2 aromatic heterocycles. The topological polar surface area (TPSA) is 106 Å². The Bertz CT molecular complexity index is 1050. The summed E-state index contributed by atoms with van der Waals surface area (Å²) in [6, 6.07) is 7.52. The molecule has 0 saturated carbocycles. The van der Waals surface area contributed by atoms with Crippen molar-refractivity contribution < 1.29 is 14.3 Å². The molecule has 8 nitrogen and oxygen atoms in total. The van der Waals surface area contributed by atoms with Crippen LogP contribution < -0.4 is 10.6 Å². The Labute approximate surface area is 172 Å². The lowest BCUT2D eigenvalue weighted by Crippen LogP contribution is -2.15. The van der Waals surface area contributed by atoms with Crippen LogP contribution in [0.3, 0.4) is 0 Å². The minimum absolute atomic E-state index is 0.285. The fourth-order valence-corrected chi connectivity index (χ4v) is 3.37. The van der Waals surface area contributed by atoms with E-state index in [0.29, 0.717) is 45.2 Å². The fourth-order valence-electron chi connectivity index (χ4n) is 2.52. The highest BCUT2D eigenvalue weighted by molar-refractivity contribution is 7.17. The number of hydrogen-bond donors (Lipinski definition) is 2. The maximum absolute atomic E-state index is 12.5. The third-order valence-electron chi connectivity index (χ3n) is 4.01. The van der Waals surface area contributed by atoms with E-state index in [1.165, 1.54) is 17.5 Å². The first-order chi connectivity index (χ1) is 13.9. The van der Waals surface area contributed by atoms with Crippen molar-refractivity contribution in [2.24, 2.45) is 0 Å². The van der Waals surface area contributed by atoms with Gasteiger partial charge in [0.1, 0.15) is 4.88 Å². The van der Waals surface area contributed by atoms with Gasteiger partial charge in [0.15, 0.2) is 5.13 Å². The Morgan fingerprint density at radius 3 is 2.45 bits per heavy atom. The predicted octanol–water partition coefficient (Wildman–Crippen LogP) is 4.03. The molecule has 0 unspecified atom stereocenters. The largest absolute Gasteiger partial charge is 0.462 e. The number of carbonyl (C=O) groups excluding carboxylic acids is 2. The number of thiazole rings is 1. The summed E-state index contributed by atoms with van der Waals surface area (Å²) in [5.74, 6) is -0.401. The summed E-state index contributed by atoms with van der Waals surface area (Å²) in [7, 11) is 0. The average Bonchev–Trinajstić information content (AvgIpc) is 3.04. The van der Waals surface area contributed by atoms with Crippen LogP contribution in [0.2, 0.25) is 0 Å². The van der Waals surface area contributed by atoms with Gasteiger partial charge in [0, 0.05) is 11.9 Å². The molecular weight excluding hydrogens is 390 g/mol. The number of carbonyl (C=O) groups is 2. The molecule has 150 valence electrons. The van der Waals surface area contributed by atoms with E-state index in [1.54, 1.807) is 20.8 Å². The summed E-state index contributed by atoms with van der Waals surface area (Å²) in [4.78, 5) is 37.7. The first-order valence-electron chi connectivity index (χ1n) is 9.00. The molecule has 9 heteroatoms. The Balaban J connectivity index is 1.72.